The third-order valence-corrected chi connectivity index (χ3v) is 3.06. The summed E-state index contributed by atoms with van der Waals surface area (Å²) in [4.78, 5) is 11.5. The zero-order valence-corrected chi connectivity index (χ0v) is 11.2. The quantitative estimate of drug-likeness (QED) is 0.826. The predicted molar refractivity (Wildman–Crippen MR) is 73.7 cm³/mol. The molecule has 4 nitrogen and oxygen atoms in total. The van der Waals surface area contributed by atoms with Crippen LogP contribution in [0.25, 0.3) is 11.3 Å². The van der Waals surface area contributed by atoms with Gasteiger partial charge in [-0.1, -0.05) is 38.1 Å². The number of hydrogen-bond donors (Lipinski definition) is 0. The molecular formula is C15H15N3O. The zero-order chi connectivity index (χ0) is 14.0. The van der Waals surface area contributed by atoms with E-state index in [9.17, 15) is 4.79 Å². The van der Waals surface area contributed by atoms with E-state index in [1.54, 1.807) is 7.05 Å². The van der Waals surface area contributed by atoms with Gasteiger partial charge in [-0.15, -0.1) is 0 Å². The third kappa shape index (κ3) is 2.55. The maximum absolute atomic E-state index is 11.5. The first kappa shape index (κ1) is 13.0. The van der Waals surface area contributed by atoms with Crippen molar-refractivity contribution in [2.45, 2.75) is 19.8 Å². The van der Waals surface area contributed by atoms with Crippen LogP contribution in [0.3, 0.4) is 0 Å². The van der Waals surface area contributed by atoms with Crippen LogP contribution in [0.15, 0.2) is 35.1 Å². The molecule has 0 atom stereocenters. The molecule has 0 saturated heterocycles. The van der Waals surface area contributed by atoms with Crippen molar-refractivity contribution in [3.8, 4) is 17.3 Å². The Morgan fingerprint density at radius 3 is 2.42 bits per heavy atom. The molecule has 0 unspecified atom stereocenters. The van der Waals surface area contributed by atoms with Gasteiger partial charge in [0.15, 0.2) is 0 Å². The van der Waals surface area contributed by atoms with Gasteiger partial charge >= 0.3 is 0 Å². The van der Waals surface area contributed by atoms with Crippen LogP contribution in [0.1, 0.15) is 30.9 Å². The molecule has 1 heterocycles. The number of nitrogens with zero attached hydrogens (tertiary/aromatic N) is 3. The van der Waals surface area contributed by atoms with Gasteiger partial charge in [-0.25, -0.2) is 4.68 Å². The molecule has 0 aliphatic heterocycles. The standard InChI is InChI=1S/C15H15N3O/c1-10(2)11-4-6-12(7-5-11)15-13(9-16)8-14(19)18(3)17-15/h4-8,10H,1-3H3. The van der Waals surface area contributed by atoms with E-state index in [4.69, 9.17) is 5.26 Å². The van der Waals surface area contributed by atoms with E-state index in [1.807, 2.05) is 30.3 Å². The van der Waals surface area contributed by atoms with Gasteiger partial charge in [0.25, 0.3) is 5.56 Å². The monoisotopic (exact) mass is 253 g/mol. The molecule has 19 heavy (non-hydrogen) atoms. The minimum atomic E-state index is -0.279. The molecule has 2 rings (SSSR count). The number of aromatic nitrogens is 2. The second-order valence-corrected chi connectivity index (χ2v) is 4.76. The van der Waals surface area contributed by atoms with Gasteiger partial charge in [0.1, 0.15) is 11.8 Å². The van der Waals surface area contributed by atoms with Crippen LogP contribution in [0.4, 0.5) is 0 Å². The highest BCUT2D eigenvalue weighted by Gasteiger charge is 2.10. The fourth-order valence-corrected chi connectivity index (χ4v) is 1.86. The molecule has 2 aromatic rings. The number of benzene rings is 1. The average molecular weight is 253 g/mol. The molecule has 0 aliphatic carbocycles. The molecule has 96 valence electrons. The first-order chi connectivity index (χ1) is 9.02. The minimum Gasteiger partial charge on any atom is -0.268 e. The van der Waals surface area contributed by atoms with Gasteiger partial charge < -0.3 is 0 Å². The van der Waals surface area contributed by atoms with Crippen molar-refractivity contribution in [3.63, 3.8) is 0 Å². The van der Waals surface area contributed by atoms with Crippen molar-refractivity contribution >= 4 is 0 Å². The molecule has 0 spiro atoms. The van der Waals surface area contributed by atoms with Gasteiger partial charge in [-0.2, -0.15) is 10.4 Å². The molecule has 0 amide bonds. The Bertz CT molecular complexity index is 691. The van der Waals surface area contributed by atoms with E-state index in [2.05, 4.69) is 18.9 Å². The number of hydrogen-bond acceptors (Lipinski definition) is 3. The molecule has 1 aromatic carbocycles. The molecule has 0 aliphatic rings. The van der Waals surface area contributed by atoms with Crippen molar-refractivity contribution in [1.82, 2.24) is 9.78 Å². The Morgan fingerprint density at radius 1 is 1.26 bits per heavy atom. The summed E-state index contributed by atoms with van der Waals surface area (Å²) in [6, 6.07) is 11.3. The van der Waals surface area contributed by atoms with E-state index < -0.39 is 0 Å². The van der Waals surface area contributed by atoms with Crippen LogP contribution in [-0.2, 0) is 7.05 Å². The number of nitriles is 1. The topological polar surface area (TPSA) is 58.7 Å². The summed E-state index contributed by atoms with van der Waals surface area (Å²) >= 11 is 0. The fourth-order valence-electron chi connectivity index (χ4n) is 1.86. The van der Waals surface area contributed by atoms with Crippen molar-refractivity contribution in [2.24, 2.45) is 7.05 Å². The summed E-state index contributed by atoms with van der Waals surface area (Å²) in [6.45, 7) is 4.25. The summed E-state index contributed by atoms with van der Waals surface area (Å²) < 4.78 is 1.24. The van der Waals surface area contributed by atoms with E-state index in [0.717, 1.165) is 5.56 Å². The minimum absolute atomic E-state index is 0.279. The summed E-state index contributed by atoms with van der Waals surface area (Å²) in [7, 11) is 1.58. The van der Waals surface area contributed by atoms with Crippen LogP contribution < -0.4 is 5.56 Å². The lowest BCUT2D eigenvalue weighted by Gasteiger charge is -2.08. The van der Waals surface area contributed by atoms with Crippen molar-refractivity contribution in [2.75, 3.05) is 0 Å². The molecule has 0 radical (unpaired) electrons. The zero-order valence-electron chi connectivity index (χ0n) is 11.2. The van der Waals surface area contributed by atoms with Gasteiger partial charge in [-0.05, 0) is 11.5 Å². The van der Waals surface area contributed by atoms with Gasteiger partial charge in [0.05, 0.1) is 5.56 Å². The number of aryl methyl sites for hydroxylation is 1. The smallest absolute Gasteiger partial charge is 0.267 e. The Balaban J connectivity index is 2.56. The second-order valence-electron chi connectivity index (χ2n) is 4.76. The highest BCUT2D eigenvalue weighted by atomic mass is 16.1. The van der Waals surface area contributed by atoms with E-state index in [0.29, 0.717) is 17.2 Å². The Morgan fingerprint density at radius 2 is 1.89 bits per heavy atom. The van der Waals surface area contributed by atoms with E-state index in [-0.39, 0.29) is 5.56 Å². The number of rotatable bonds is 2. The lowest BCUT2D eigenvalue weighted by molar-refractivity contribution is 0.710. The molecule has 0 bridgehead atoms. The molecule has 0 fully saturated rings. The highest BCUT2D eigenvalue weighted by Crippen LogP contribution is 2.22. The van der Waals surface area contributed by atoms with E-state index in [1.165, 1.54) is 16.3 Å². The molecular weight excluding hydrogens is 238 g/mol. The maximum Gasteiger partial charge on any atom is 0.267 e. The normalized spacial score (nSPS) is 10.5. The summed E-state index contributed by atoms with van der Waals surface area (Å²) in [6.07, 6.45) is 0. The first-order valence-electron chi connectivity index (χ1n) is 6.11. The van der Waals surface area contributed by atoms with Crippen molar-refractivity contribution in [3.05, 3.63) is 51.8 Å². The van der Waals surface area contributed by atoms with Crippen LogP contribution in [0.2, 0.25) is 0 Å². The highest BCUT2D eigenvalue weighted by molar-refractivity contribution is 5.66. The average Bonchev–Trinajstić information content (AvgIpc) is 2.41. The van der Waals surface area contributed by atoms with Crippen molar-refractivity contribution < 1.29 is 0 Å². The SMILES string of the molecule is CC(C)c1ccc(-c2nn(C)c(=O)cc2C#N)cc1. The molecule has 1 aromatic heterocycles. The second kappa shape index (κ2) is 5.07. The fraction of sp³-hybridized carbons (Fsp3) is 0.267. The third-order valence-electron chi connectivity index (χ3n) is 3.06. The summed E-state index contributed by atoms with van der Waals surface area (Å²) in [5, 5.41) is 13.3. The maximum atomic E-state index is 11.5. The van der Waals surface area contributed by atoms with Gasteiger partial charge in [0.2, 0.25) is 0 Å². The molecule has 4 heteroatoms. The Kier molecular flexibility index (Phi) is 3.48. The molecule has 0 N–H and O–H groups in total. The van der Waals surface area contributed by atoms with Gasteiger partial charge in [-0.3, -0.25) is 4.79 Å². The van der Waals surface area contributed by atoms with Crippen molar-refractivity contribution in [1.29, 1.82) is 5.26 Å². The summed E-state index contributed by atoms with van der Waals surface area (Å²) in [5.74, 6) is 0.456. The van der Waals surface area contributed by atoms with Gasteiger partial charge in [0, 0.05) is 18.7 Å². The largest absolute Gasteiger partial charge is 0.268 e. The lowest BCUT2D eigenvalue weighted by Crippen LogP contribution is -2.20. The molecule has 0 saturated carbocycles. The van der Waals surface area contributed by atoms with Crippen LogP contribution in [-0.4, -0.2) is 9.78 Å². The summed E-state index contributed by atoms with van der Waals surface area (Å²) in [5.41, 5.74) is 2.64. The van der Waals surface area contributed by atoms with Crippen LogP contribution in [0, 0.1) is 11.3 Å². The van der Waals surface area contributed by atoms with Crippen LogP contribution in [0.5, 0.6) is 0 Å². The van der Waals surface area contributed by atoms with E-state index >= 15 is 0 Å². The predicted octanol–water partition coefficient (Wildman–Crippen LogP) is 2.44. The Labute approximate surface area is 111 Å². The Hall–Kier alpha value is -2.41. The lowest BCUT2D eigenvalue weighted by atomic mass is 9.99. The van der Waals surface area contributed by atoms with Crippen LogP contribution >= 0.6 is 0 Å². The first-order valence-corrected chi connectivity index (χ1v) is 6.11.